The molecule has 0 nitrogen and oxygen atoms in total. The first-order chi connectivity index (χ1) is 13.4. The van der Waals surface area contributed by atoms with E-state index in [1.807, 2.05) is 0 Å². The van der Waals surface area contributed by atoms with Crippen molar-refractivity contribution < 1.29 is 0 Å². The van der Waals surface area contributed by atoms with Crippen molar-refractivity contribution in [2.24, 2.45) is 0 Å². The smallest absolute Gasteiger partial charge is 0.127 e. The second-order valence-electron chi connectivity index (χ2n) is 12.6. The Morgan fingerprint density at radius 3 is 1.07 bits per heavy atom. The topological polar surface area (TPSA) is 0 Å². The van der Waals surface area contributed by atoms with Gasteiger partial charge in [-0.1, -0.05) is 92.7 Å². The number of hydrogen-bond acceptors (Lipinski definition) is 0. The highest BCUT2D eigenvalue weighted by atomic mass is 28.3. The van der Waals surface area contributed by atoms with Gasteiger partial charge in [-0.05, 0) is 57.0 Å². The minimum absolute atomic E-state index is 0.0368. The molecule has 160 valence electrons. The van der Waals surface area contributed by atoms with Crippen LogP contribution < -0.4 is 0 Å². The van der Waals surface area contributed by atoms with E-state index in [0.29, 0.717) is 0 Å². The number of fused-ring (bicyclic) bond motifs is 1. The molecule has 2 heteroatoms. The predicted molar refractivity (Wildman–Crippen MR) is 142 cm³/mol. The van der Waals surface area contributed by atoms with Crippen LogP contribution in [0, 0.1) is 22.9 Å². The molecule has 0 saturated heterocycles. The van der Waals surface area contributed by atoms with E-state index in [4.69, 9.17) is 0 Å². The molecule has 2 aromatic rings. The van der Waals surface area contributed by atoms with Crippen molar-refractivity contribution >= 4 is 26.9 Å². The van der Waals surface area contributed by atoms with Crippen molar-refractivity contribution in [1.29, 1.82) is 0 Å². The van der Waals surface area contributed by atoms with Gasteiger partial charge in [0, 0.05) is 11.1 Å². The van der Waals surface area contributed by atoms with E-state index in [1.165, 1.54) is 21.9 Å². The zero-order chi connectivity index (χ0) is 23.1. The molecule has 0 aliphatic heterocycles. The summed E-state index contributed by atoms with van der Waals surface area (Å²) in [6, 6.07) is 9.26. The summed E-state index contributed by atoms with van der Waals surface area (Å²) in [5.41, 5.74) is 12.2. The zero-order valence-corrected chi connectivity index (χ0v) is 23.3. The molecular weight excluding hydrogens is 392 g/mol. The van der Waals surface area contributed by atoms with Gasteiger partial charge in [-0.2, -0.15) is 0 Å². The van der Waals surface area contributed by atoms with E-state index >= 15 is 0 Å². The Kier molecular flexibility index (Phi) is 6.59. The molecule has 0 aliphatic rings. The molecule has 0 radical (unpaired) electrons. The molecule has 0 heterocycles. The summed E-state index contributed by atoms with van der Waals surface area (Å²) in [7, 11) is -2.87. The van der Waals surface area contributed by atoms with Gasteiger partial charge in [0.25, 0.3) is 0 Å². The first-order valence-corrected chi connectivity index (χ1v) is 18.1. The largest absolute Gasteiger partial charge is 0.129 e. The Balaban J connectivity index is 2.97. The quantitative estimate of drug-likeness (QED) is 0.293. The van der Waals surface area contributed by atoms with Crippen LogP contribution in [0.1, 0.15) is 63.8 Å². The van der Waals surface area contributed by atoms with Gasteiger partial charge in [0.15, 0.2) is 0 Å². The second-order valence-corrected chi connectivity index (χ2v) is 22.1. The standard InChI is InChI=1S/C28H40Si2/c1-27(2,3)25-19-21(13-15-29(7,8)9)18-24-23(25)17-22(14-16-30(10,11)12)20-26(24)28(4,5)6/h17-20H,1-12H3. The molecule has 0 saturated carbocycles. The van der Waals surface area contributed by atoms with Crippen molar-refractivity contribution in [3.8, 4) is 22.9 Å². The van der Waals surface area contributed by atoms with E-state index in [2.05, 4.69) is 128 Å². The van der Waals surface area contributed by atoms with Gasteiger partial charge < -0.3 is 0 Å². The summed E-state index contributed by atoms with van der Waals surface area (Å²) in [5, 5.41) is 2.65. The van der Waals surface area contributed by atoms with Crippen molar-refractivity contribution in [3.05, 3.63) is 46.5 Å². The minimum atomic E-state index is -1.43. The third kappa shape index (κ3) is 6.63. The fraction of sp³-hybridized carbons (Fsp3) is 0.500. The van der Waals surface area contributed by atoms with Crippen LogP contribution in [0.4, 0.5) is 0 Å². The normalized spacial score (nSPS) is 12.8. The molecule has 0 aliphatic carbocycles. The average molecular weight is 433 g/mol. The lowest BCUT2D eigenvalue weighted by Gasteiger charge is -2.27. The Labute approximate surface area is 187 Å². The Bertz CT molecular complexity index is 979. The van der Waals surface area contributed by atoms with Gasteiger partial charge >= 0.3 is 0 Å². The fourth-order valence-corrected chi connectivity index (χ4v) is 4.41. The Hall–Kier alpha value is -1.75. The van der Waals surface area contributed by atoms with Crippen molar-refractivity contribution in [2.75, 3.05) is 0 Å². The van der Waals surface area contributed by atoms with Crippen LogP contribution in [0.25, 0.3) is 10.8 Å². The van der Waals surface area contributed by atoms with Crippen LogP contribution in [0.2, 0.25) is 39.3 Å². The maximum absolute atomic E-state index is 3.56. The molecule has 30 heavy (non-hydrogen) atoms. The van der Waals surface area contributed by atoms with Crippen molar-refractivity contribution in [1.82, 2.24) is 0 Å². The molecule has 2 aromatic carbocycles. The van der Waals surface area contributed by atoms with Crippen LogP contribution in [-0.4, -0.2) is 16.1 Å². The molecule has 2 rings (SSSR count). The van der Waals surface area contributed by atoms with E-state index in [-0.39, 0.29) is 10.8 Å². The molecule has 0 bridgehead atoms. The molecular formula is C28H40Si2. The van der Waals surface area contributed by atoms with Crippen LogP contribution in [0.3, 0.4) is 0 Å². The molecule has 0 fully saturated rings. The summed E-state index contributed by atoms with van der Waals surface area (Å²) in [6.45, 7) is 27.6. The lowest BCUT2D eigenvalue weighted by molar-refractivity contribution is 0.590. The van der Waals surface area contributed by atoms with E-state index < -0.39 is 16.1 Å². The van der Waals surface area contributed by atoms with Gasteiger partial charge in [-0.15, -0.1) is 11.1 Å². The third-order valence-corrected chi connectivity index (χ3v) is 6.60. The lowest BCUT2D eigenvalue weighted by atomic mass is 9.77. The van der Waals surface area contributed by atoms with Crippen LogP contribution in [0.15, 0.2) is 24.3 Å². The number of hydrogen-bond donors (Lipinski definition) is 0. The second kappa shape index (κ2) is 8.07. The summed E-state index contributed by atoms with van der Waals surface area (Å²) < 4.78 is 0. The maximum Gasteiger partial charge on any atom is 0.129 e. The average Bonchev–Trinajstić information content (AvgIpc) is 2.53. The van der Waals surface area contributed by atoms with Crippen LogP contribution in [-0.2, 0) is 10.8 Å². The minimum Gasteiger partial charge on any atom is -0.127 e. The fourth-order valence-electron chi connectivity index (χ4n) is 3.37. The van der Waals surface area contributed by atoms with E-state index in [9.17, 15) is 0 Å². The van der Waals surface area contributed by atoms with Gasteiger partial charge in [0.2, 0.25) is 0 Å². The highest BCUT2D eigenvalue weighted by molar-refractivity contribution is 6.84. The molecule has 0 aromatic heterocycles. The Morgan fingerprint density at radius 1 is 0.533 bits per heavy atom. The van der Waals surface area contributed by atoms with Gasteiger partial charge in [-0.25, -0.2) is 0 Å². The van der Waals surface area contributed by atoms with Gasteiger partial charge in [0.05, 0.1) is 0 Å². The summed E-state index contributed by atoms with van der Waals surface area (Å²) in [5.74, 6) is 7.03. The Morgan fingerprint density at radius 2 is 0.833 bits per heavy atom. The first kappa shape index (κ1) is 24.5. The predicted octanol–water partition coefficient (Wildman–Crippen LogP) is 7.89. The van der Waals surface area contributed by atoms with E-state index in [1.54, 1.807) is 0 Å². The maximum atomic E-state index is 3.56. The highest BCUT2D eigenvalue weighted by Crippen LogP contribution is 2.37. The molecule has 0 atom stereocenters. The summed E-state index contributed by atoms with van der Waals surface area (Å²) >= 11 is 0. The van der Waals surface area contributed by atoms with Crippen LogP contribution >= 0.6 is 0 Å². The first-order valence-electron chi connectivity index (χ1n) is 11.1. The summed E-state index contributed by atoms with van der Waals surface area (Å²) in [4.78, 5) is 0. The zero-order valence-electron chi connectivity index (χ0n) is 21.3. The van der Waals surface area contributed by atoms with Crippen LogP contribution in [0.5, 0.6) is 0 Å². The van der Waals surface area contributed by atoms with Gasteiger partial charge in [0.1, 0.15) is 16.1 Å². The molecule has 0 N–H and O–H groups in total. The van der Waals surface area contributed by atoms with Gasteiger partial charge in [-0.3, -0.25) is 0 Å². The van der Waals surface area contributed by atoms with E-state index in [0.717, 1.165) is 11.1 Å². The molecule has 0 amide bonds. The molecule has 0 spiro atoms. The monoisotopic (exact) mass is 432 g/mol. The molecule has 0 unspecified atom stereocenters. The lowest BCUT2D eigenvalue weighted by Crippen LogP contribution is -2.17. The summed E-state index contributed by atoms with van der Waals surface area (Å²) in [6.07, 6.45) is 0. The third-order valence-electron chi connectivity index (χ3n) is 4.85. The number of rotatable bonds is 0. The SMILES string of the molecule is CC(C)(C)c1cc(C#C[Si](C)(C)C)cc2c(C(C)(C)C)cc(C#C[Si](C)(C)C)cc12. The number of benzene rings is 2. The van der Waals surface area contributed by atoms with Crippen molar-refractivity contribution in [2.45, 2.75) is 91.7 Å². The highest BCUT2D eigenvalue weighted by Gasteiger charge is 2.23. The van der Waals surface area contributed by atoms with Crippen molar-refractivity contribution in [3.63, 3.8) is 0 Å².